The first-order valence-electron chi connectivity index (χ1n) is 5.35. The number of aromatic amines is 1. The summed E-state index contributed by atoms with van der Waals surface area (Å²) in [6.45, 7) is 0.304. The third-order valence-electron chi connectivity index (χ3n) is 2.49. The Labute approximate surface area is 119 Å². The van der Waals surface area contributed by atoms with Crippen LogP contribution in [0.15, 0.2) is 18.2 Å². The van der Waals surface area contributed by atoms with E-state index < -0.39 is 0 Å². The second kappa shape index (κ2) is 5.46. The summed E-state index contributed by atoms with van der Waals surface area (Å²) in [5, 5.41) is 6.95. The lowest BCUT2D eigenvalue weighted by Crippen LogP contribution is -2.27. The van der Waals surface area contributed by atoms with E-state index in [-0.39, 0.29) is 17.7 Å². The third-order valence-corrected chi connectivity index (χ3v) is 3.35. The van der Waals surface area contributed by atoms with Crippen LogP contribution in [-0.2, 0) is 6.54 Å². The fraction of sp³-hybridized carbons (Fsp3) is 0.182. The van der Waals surface area contributed by atoms with Gasteiger partial charge < -0.3 is 10.6 Å². The smallest absolute Gasteiger partial charge is 0.291 e. The maximum Gasteiger partial charge on any atom is 0.291 e. The average Bonchev–Trinajstić information content (AvgIpc) is 2.80. The van der Waals surface area contributed by atoms with Crippen LogP contribution in [0, 0.1) is 0 Å². The second-order valence-electron chi connectivity index (χ2n) is 3.92. The molecule has 0 aliphatic heterocycles. The lowest BCUT2D eigenvalue weighted by Gasteiger charge is -2.16. The van der Waals surface area contributed by atoms with Crippen molar-refractivity contribution in [3.8, 4) is 0 Å². The topological polar surface area (TPSA) is 87.9 Å². The SMILES string of the molecule is CN(Cc1cccc(Cl)c1Cl)C(=O)c1nc(N)n[nH]1. The maximum absolute atomic E-state index is 12.0. The molecule has 0 aliphatic carbocycles. The Hall–Kier alpha value is -1.79. The van der Waals surface area contributed by atoms with Crippen molar-refractivity contribution in [3.05, 3.63) is 39.6 Å². The highest BCUT2D eigenvalue weighted by Gasteiger charge is 2.17. The van der Waals surface area contributed by atoms with Gasteiger partial charge in [0.25, 0.3) is 5.91 Å². The summed E-state index contributed by atoms with van der Waals surface area (Å²) in [7, 11) is 1.62. The van der Waals surface area contributed by atoms with Crippen molar-refractivity contribution in [1.29, 1.82) is 0 Å². The van der Waals surface area contributed by atoms with E-state index in [1.165, 1.54) is 4.90 Å². The highest BCUT2D eigenvalue weighted by atomic mass is 35.5. The number of nitrogens with zero attached hydrogens (tertiary/aromatic N) is 3. The summed E-state index contributed by atoms with van der Waals surface area (Å²) in [5.41, 5.74) is 6.10. The van der Waals surface area contributed by atoms with Gasteiger partial charge in [-0.25, -0.2) is 0 Å². The number of H-pyrrole nitrogens is 1. The molecule has 1 aromatic carbocycles. The zero-order chi connectivity index (χ0) is 14.0. The van der Waals surface area contributed by atoms with E-state index in [4.69, 9.17) is 28.9 Å². The molecule has 6 nitrogen and oxygen atoms in total. The summed E-state index contributed by atoms with van der Waals surface area (Å²) >= 11 is 12.0. The minimum atomic E-state index is -0.333. The molecular formula is C11H11Cl2N5O. The Balaban J connectivity index is 2.15. The zero-order valence-corrected chi connectivity index (χ0v) is 11.5. The van der Waals surface area contributed by atoms with Crippen LogP contribution >= 0.6 is 23.2 Å². The third kappa shape index (κ3) is 2.97. The van der Waals surface area contributed by atoms with Gasteiger partial charge in [0.15, 0.2) is 0 Å². The van der Waals surface area contributed by atoms with Crippen LogP contribution in [0.4, 0.5) is 5.95 Å². The molecule has 1 amide bonds. The lowest BCUT2D eigenvalue weighted by molar-refractivity contribution is 0.0773. The van der Waals surface area contributed by atoms with E-state index >= 15 is 0 Å². The van der Waals surface area contributed by atoms with Gasteiger partial charge in [-0.05, 0) is 11.6 Å². The molecule has 8 heteroatoms. The van der Waals surface area contributed by atoms with Crippen molar-refractivity contribution in [2.75, 3.05) is 12.8 Å². The normalized spacial score (nSPS) is 10.5. The van der Waals surface area contributed by atoms with Gasteiger partial charge in [0.05, 0.1) is 10.0 Å². The highest BCUT2D eigenvalue weighted by Crippen LogP contribution is 2.26. The van der Waals surface area contributed by atoms with Crippen molar-refractivity contribution in [2.45, 2.75) is 6.54 Å². The van der Waals surface area contributed by atoms with Gasteiger partial charge >= 0.3 is 0 Å². The molecule has 2 rings (SSSR count). The summed E-state index contributed by atoms with van der Waals surface area (Å²) in [6, 6.07) is 5.26. The summed E-state index contributed by atoms with van der Waals surface area (Å²) < 4.78 is 0. The predicted octanol–water partition coefficient (Wildman–Crippen LogP) is 1.97. The van der Waals surface area contributed by atoms with Crippen molar-refractivity contribution in [1.82, 2.24) is 20.1 Å². The number of nitrogens with two attached hydrogens (primary N) is 1. The first-order chi connectivity index (χ1) is 8.99. The van der Waals surface area contributed by atoms with E-state index in [1.807, 2.05) is 0 Å². The number of nitrogen functional groups attached to an aromatic ring is 1. The van der Waals surface area contributed by atoms with Crippen LogP contribution in [0.2, 0.25) is 10.0 Å². The number of aromatic nitrogens is 3. The van der Waals surface area contributed by atoms with Gasteiger partial charge in [0.2, 0.25) is 11.8 Å². The molecule has 1 heterocycles. The molecule has 0 atom stereocenters. The van der Waals surface area contributed by atoms with Crippen molar-refractivity contribution < 1.29 is 4.79 Å². The Morgan fingerprint density at radius 1 is 1.47 bits per heavy atom. The first kappa shape index (κ1) is 13.6. The van der Waals surface area contributed by atoms with E-state index in [0.717, 1.165) is 5.56 Å². The molecule has 1 aromatic heterocycles. The first-order valence-corrected chi connectivity index (χ1v) is 6.11. The minimum Gasteiger partial charge on any atom is -0.366 e. The molecular weight excluding hydrogens is 289 g/mol. The molecule has 0 fully saturated rings. The molecule has 2 aromatic rings. The highest BCUT2D eigenvalue weighted by molar-refractivity contribution is 6.42. The van der Waals surface area contributed by atoms with E-state index in [0.29, 0.717) is 16.6 Å². The van der Waals surface area contributed by atoms with Crippen molar-refractivity contribution >= 4 is 35.1 Å². The van der Waals surface area contributed by atoms with Gasteiger partial charge in [-0.2, -0.15) is 4.98 Å². The number of carbonyl (C=O) groups is 1. The molecule has 0 saturated carbocycles. The van der Waals surface area contributed by atoms with Gasteiger partial charge in [-0.3, -0.25) is 9.89 Å². The summed E-state index contributed by atoms with van der Waals surface area (Å²) in [4.78, 5) is 17.2. The number of hydrogen-bond acceptors (Lipinski definition) is 4. The maximum atomic E-state index is 12.0. The number of rotatable bonds is 3. The Bertz CT molecular complexity index is 613. The fourth-order valence-electron chi connectivity index (χ4n) is 1.55. The average molecular weight is 300 g/mol. The van der Waals surface area contributed by atoms with Gasteiger partial charge in [-0.1, -0.05) is 35.3 Å². The van der Waals surface area contributed by atoms with Gasteiger partial charge in [0, 0.05) is 13.6 Å². The number of halogens is 2. The molecule has 3 N–H and O–H groups in total. The second-order valence-corrected chi connectivity index (χ2v) is 4.70. The molecule has 0 aliphatic rings. The van der Waals surface area contributed by atoms with Gasteiger partial charge in [0.1, 0.15) is 0 Å². The van der Waals surface area contributed by atoms with E-state index in [9.17, 15) is 4.79 Å². The van der Waals surface area contributed by atoms with Crippen LogP contribution in [0.1, 0.15) is 16.2 Å². The molecule has 0 spiro atoms. The van der Waals surface area contributed by atoms with Crippen LogP contribution in [0.25, 0.3) is 0 Å². The monoisotopic (exact) mass is 299 g/mol. The number of carbonyl (C=O) groups excluding carboxylic acids is 1. The predicted molar refractivity (Wildman–Crippen MR) is 73.1 cm³/mol. The zero-order valence-electron chi connectivity index (χ0n) is 10.0. The number of nitrogens with one attached hydrogen (secondary N) is 1. The largest absolute Gasteiger partial charge is 0.366 e. The van der Waals surface area contributed by atoms with Crippen molar-refractivity contribution in [2.24, 2.45) is 0 Å². The van der Waals surface area contributed by atoms with E-state index in [2.05, 4.69) is 15.2 Å². The van der Waals surface area contributed by atoms with Gasteiger partial charge in [-0.15, -0.1) is 5.10 Å². The van der Waals surface area contributed by atoms with Crippen LogP contribution in [0.5, 0.6) is 0 Å². The summed E-state index contributed by atoms with van der Waals surface area (Å²) in [5.74, 6) is -0.226. The minimum absolute atomic E-state index is 0.0255. The number of amides is 1. The quantitative estimate of drug-likeness (QED) is 0.907. The Morgan fingerprint density at radius 2 is 2.21 bits per heavy atom. The van der Waals surface area contributed by atoms with Crippen LogP contribution in [-0.4, -0.2) is 33.0 Å². The molecule has 19 heavy (non-hydrogen) atoms. The van der Waals surface area contributed by atoms with Crippen LogP contribution < -0.4 is 5.73 Å². The molecule has 100 valence electrons. The standard InChI is InChI=1S/C11H11Cl2N5O/c1-18(10(19)9-15-11(14)17-16-9)5-6-3-2-4-7(12)8(6)13/h2-4H,5H2,1H3,(H3,14,15,16,17). The molecule has 0 bridgehead atoms. The van der Waals surface area contributed by atoms with E-state index in [1.54, 1.807) is 25.2 Å². The molecule has 0 unspecified atom stereocenters. The van der Waals surface area contributed by atoms with Crippen LogP contribution in [0.3, 0.4) is 0 Å². The number of hydrogen-bond donors (Lipinski definition) is 2. The lowest BCUT2D eigenvalue weighted by atomic mass is 10.2. The van der Waals surface area contributed by atoms with Crippen molar-refractivity contribution in [3.63, 3.8) is 0 Å². The fourth-order valence-corrected chi connectivity index (χ4v) is 1.93. The Morgan fingerprint density at radius 3 is 2.84 bits per heavy atom. The summed E-state index contributed by atoms with van der Waals surface area (Å²) in [6.07, 6.45) is 0. The number of benzene rings is 1. The Kier molecular flexibility index (Phi) is 3.92. The number of anilines is 1. The molecule has 0 radical (unpaired) electrons. The molecule has 0 saturated heterocycles.